The van der Waals surface area contributed by atoms with Gasteiger partial charge in [0.2, 0.25) is 0 Å². The SMILES string of the molecule is CCOC(=O)C(C)COc1cccc(Cl)c1. The fraction of sp³-hybridized carbons (Fsp3) is 0.417. The highest BCUT2D eigenvalue weighted by molar-refractivity contribution is 6.30. The molecule has 4 heteroatoms. The summed E-state index contributed by atoms with van der Waals surface area (Å²) in [4.78, 5) is 11.3. The van der Waals surface area contributed by atoms with Gasteiger partial charge in [0.25, 0.3) is 0 Å². The number of carbonyl (C=O) groups is 1. The van der Waals surface area contributed by atoms with Crippen LogP contribution >= 0.6 is 11.6 Å². The smallest absolute Gasteiger partial charge is 0.312 e. The first-order valence-corrected chi connectivity index (χ1v) is 5.56. The molecule has 0 aliphatic heterocycles. The normalized spacial score (nSPS) is 11.9. The number of rotatable bonds is 5. The minimum absolute atomic E-state index is 0.246. The van der Waals surface area contributed by atoms with Gasteiger partial charge in [-0.2, -0.15) is 0 Å². The van der Waals surface area contributed by atoms with Crippen LogP contribution < -0.4 is 4.74 Å². The maximum absolute atomic E-state index is 11.3. The Morgan fingerprint density at radius 2 is 2.25 bits per heavy atom. The number of carbonyl (C=O) groups excluding carboxylic acids is 1. The molecule has 0 bridgehead atoms. The van der Waals surface area contributed by atoms with Gasteiger partial charge in [0.15, 0.2) is 0 Å². The van der Waals surface area contributed by atoms with Crippen molar-refractivity contribution < 1.29 is 14.3 Å². The number of esters is 1. The van der Waals surface area contributed by atoms with Crippen LogP contribution in [0.15, 0.2) is 24.3 Å². The predicted octanol–water partition coefficient (Wildman–Crippen LogP) is 2.92. The molecule has 1 rings (SSSR count). The Balaban J connectivity index is 2.42. The third-order valence-corrected chi connectivity index (χ3v) is 2.22. The van der Waals surface area contributed by atoms with Crippen LogP contribution in [0.25, 0.3) is 0 Å². The summed E-state index contributed by atoms with van der Waals surface area (Å²) in [5.41, 5.74) is 0. The number of benzene rings is 1. The second-order valence-electron chi connectivity index (χ2n) is 3.42. The molecular weight excluding hydrogens is 228 g/mol. The number of hydrogen-bond acceptors (Lipinski definition) is 3. The summed E-state index contributed by atoms with van der Waals surface area (Å²) < 4.78 is 10.3. The fourth-order valence-electron chi connectivity index (χ4n) is 1.13. The molecule has 0 fully saturated rings. The molecule has 0 spiro atoms. The monoisotopic (exact) mass is 242 g/mol. The average Bonchev–Trinajstić information content (AvgIpc) is 2.26. The largest absolute Gasteiger partial charge is 0.493 e. The summed E-state index contributed by atoms with van der Waals surface area (Å²) in [5, 5.41) is 0.612. The Morgan fingerprint density at radius 1 is 1.50 bits per heavy atom. The molecule has 0 aliphatic rings. The van der Waals surface area contributed by atoms with E-state index in [0.29, 0.717) is 24.0 Å². The van der Waals surface area contributed by atoms with Crippen molar-refractivity contribution in [2.24, 2.45) is 5.92 Å². The first kappa shape index (κ1) is 12.8. The first-order valence-electron chi connectivity index (χ1n) is 5.18. The van der Waals surface area contributed by atoms with Crippen LogP contribution in [0, 0.1) is 5.92 Å². The van der Waals surface area contributed by atoms with Crippen molar-refractivity contribution in [1.29, 1.82) is 0 Å². The van der Waals surface area contributed by atoms with Crippen LogP contribution in [0.2, 0.25) is 5.02 Å². The van der Waals surface area contributed by atoms with Crippen LogP contribution in [0.5, 0.6) is 5.75 Å². The molecule has 0 aromatic heterocycles. The molecule has 0 aliphatic carbocycles. The highest BCUT2D eigenvalue weighted by Crippen LogP contribution is 2.17. The van der Waals surface area contributed by atoms with Crippen LogP contribution in [0.1, 0.15) is 13.8 Å². The van der Waals surface area contributed by atoms with Gasteiger partial charge in [-0.15, -0.1) is 0 Å². The third kappa shape index (κ3) is 4.11. The highest BCUT2D eigenvalue weighted by Gasteiger charge is 2.14. The Kier molecular flexibility index (Phi) is 5.12. The molecule has 1 aromatic rings. The summed E-state index contributed by atoms with van der Waals surface area (Å²) in [6, 6.07) is 7.07. The van der Waals surface area contributed by atoms with Crippen molar-refractivity contribution in [3.8, 4) is 5.75 Å². The summed E-state index contributed by atoms with van der Waals surface area (Å²) in [6.45, 7) is 4.23. The van der Waals surface area contributed by atoms with Crippen LogP contribution in [-0.4, -0.2) is 19.2 Å². The molecule has 0 radical (unpaired) electrons. The lowest BCUT2D eigenvalue weighted by atomic mass is 10.2. The molecule has 0 heterocycles. The summed E-state index contributed by atoms with van der Waals surface area (Å²) in [7, 11) is 0. The van der Waals surface area contributed by atoms with Crippen LogP contribution in [0.4, 0.5) is 0 Å². The van der Waals surface area contributed by atoms with Crippen molar-refractivity contribution in [2.45, 2.75) is 13.8 Å². The van der Waals surface area contributed by atoms with Crippen molar-refractivity contribution >= 4 is 17.6 Å². The second-order valence-corrected chi connectivity index (χ2v) is 3.86. The quantitative estimate of drug-likeness (QED) is 0.745. The molecule has 16 heavy (non-hydrogen) atoms. The summed E-state index contributed by atoms with van der Waals surface area (Å²) in [6.07, 6.45) is 0. The van der Waals surface area contributed by atoms with Crippen molar-refractivity contribution in [1.82, 2.24) is 0 Å². The lowest BCUT2D eigenvalue weighted by Crippen LogP contribution is -2.21. The van der Waals surface area contributed by atoms with E-state index in [4.69, 9.17) is 21.1 Å². The Labute approximate surface area is 100 Å². The van der Waals surface area contributed by atoms with E-state index in [-0.39, 0.29) is 11.9 Å². The molecule has 1 aromatic carbocycles. The molecule has 3 nitrogen and oxygen atoms in total. The standard InChI is InChI=1S/C12H15ClO3/c1-3-15-12(14)9(2)8-16-11-6-4-5-10(13)7-11/h4-7,9H,3,8H2,1-2H3. The summed E-state index contributed by atoms with van der Waals surface area (Å²) >= 11 is 5.80. The number of ether oxygens (including phenoxy) is 2. The molecular formula is C12H15ClO3. The molecule has 0 saturated carbocycles. The van der Waals surface area contributed by atoms with E-state index in [1.165, 1.54) is 0 Å². The maximum Gasteiger partial charge on any atom is 0.312 e. The fourth-order valence-corrected chi connectivity index (χ4v) is 1.31. The highest BCUT2D eigenvalue weighted by atomic mass is 35.5. The zero-order chi connectivity index (χ0) is 12.0. The van der Waals surface area contributed by atoms with Crippen molar-refractivity contribution in [3.63, 3.8) is 0 Å². The molecule has 0 amide bonds. The van der Waals surface area contributed by atoms with Gasteiger partial charge in [-0.3, -0.25) is 4.79 Å². The Morgan fingerprint density at radius 3 is 2.88 bits per heavy atom. The topological polar surface area (TPSA) is 35.5 Å². The zero-order valence-electron chi connectivity index (χ0n) is 9.40. The van der Waals surface area contributed by atoms with Crippen LogP contribution in [0.3, 0.4) is 0 Å². The molecule has 88 valence electrons. The van der Waals surface area contributed by atoms with Gasteiger partial charge >= 0.3 is 5.97 Å². The van der Waals surface area contributed by atoms with Crippen molar-refractivity contribution in [2.75, 3.05) is 13.2 Å². The lowest BCUT2D eigenvalue weighted by molar-refractivity contribution is -0.148. The maximum atomic E-state index is 11.3. The van der Waals surface area contributed by atoms with Gasteiger partial charge in [-0.1, -0.05) is 17.7 Å². The molecule has 0 N–H and O–H groups in total. The van der Waals surface area contributed by atoms with Gasteiger partial charge in [0, 0.05) is 5.02 Å². The second kappa shape index (κ2) is 6.38. The van der Waals surface area contributed by atoms with E-state index in [2.05, 4.69) is 0 Å². The van der Waals surface area contributed by atoms with Crippen molar-refractivity contribution in [3.05, 3.63) is 29.3 Å². The first-order chi connectivity index (χ1) is 7.63. The average molecular weight is 243 g/mol. The third-order valence-electron chi connectivity index (χ3n) is 1.99. The van der Waals surface area contributed by atoms with Gasteiger partial charge in [-0.05, 0) is 32.0 Å². The van der Waals surface area contributed by atoms with Gasteiger partial charge in [0.05, 0.1) is 12.5 Å². The zero-order valence-corrected chi connectivity index (χ0v) is 10.2. The number of halogens is 1. The minimum atomic E-state index is -0.279. The predicted molar refractivity (Wildman–Crippen MR) is 62.7 cm³/mol. The van der Waals surface area contributed by atoms with Gasteiger partial charge in [0.1, 0.15) is 12.4 Å². The molecule has 1 unspecified atom stereocenters. The van der Waals surface area contributed by atoms with Gasteiger partial charge < -0.3 is 9.47 Å². The van der Waals surface area contributed by atoms with E-state index in [1.807, 2.05) is 0 Å². The van der Waals surface area contributed by atoms with E-state index < -0.39 is 0 Å². The van der Waals surface area contributed by atoms with Crippen LogP contribution in [-0.2, 0) is 9.53 Å². The minimum Gasteiger partial charge on any atom is -0.493 e. The lowest BCUT2D eigenvalue weighted by Gasteiger charge is -2.12. The molecule has 0 saturated heterocycles. The van der Waals surface area contributed by atoms with E-state index in [0.717, 1.165) is 0 Å². The molecule has 1 atom stereocenters. The van der Waals surface area contributed by atoms with Gasteiger partial charge in [-0.25, -0.2) is 0 Å². The Hall–Kier alpha value is -1.22. The van der Waals surface area contributed by atoms with E-state index in [9.17, 15) is 4.79 Å². The van der Waals surface area contributed by atoms with E-state index in [1.54, 1.807) is 38.1 Å². The number of hydrogen-bond donors (Lipinski definition) is 0. The Bertz CT molecular complexity index is 352. The van der Waals surface area contributed by atoms with E-state index >= 15 is 0 Å². The summed E-state index contributed by atoms with van der Waals surface area (Å²) in [5.74, 6) is 0.132.